The molecule has 0 bridgehead atoms. The minimum absolute atomic E-state index is 0.0213. The SMILES string of the molecule is CC(NC(=O)c1ccc2nc(CCc3ccccc3)oc2c1)C(=O)N1CCCCC1. The Labute approximate surface area is 176 Å². The number of hydrogen-bond acceptors (Lipinski definition) is 4. The van der Waals surface area contributed by atoms with E-state index < -0.39 is 6.04 Å². The first-order valence-electron chi connectivity index (χ1n) is 10.6. The van der Waals surface area contributed by atoms with E-state index >= 15 is 0 Å². The van der Waals surface area contributed by atoms with E-state index in [2.05, 4.69) is 22.4 Å². The van der Waals surface area contributed by atoms with Crippen molar-refractivity contribution in [3.8, 4) is 0 Å². The normalized spacial score (nSPS) is 15.2. The number of benzene rings is 2. The summed E-state index contributed by atoms with van der Waals surface area (Å²) in [4.78, 5) is 31.6. The molecule has 0 radical (unpaired) electrons. The first kappa shape index (κ1) is 20.1. The van der Waals surface area contributed by atoms with E-state index in [0.717, 1.165) is 44.3 Å². The fourth-order valence-electron chi connectivity index (χ4n) is 3.85. The number of nitrogens with zero attached hydrogens (tertiary/aromatic N) is 2. The van der Waals surface area contributed by atoms with Crippen molar-refractivity contribution in [2.24, 2.45) is 0 Å². The third-order valence-electron chi connectivity index (χ3n) is 5.55. The number of rotatable bonds is 6. The first-order valence-corrected chi connectivity index (χ1v) is 10.6. The van der Waals surface area contributed by atoms with Crippen LogP contribution in [0.3, 0.4) is 0 Å². The van der Waals surface area contributed by atoms with Gasteiger partial charge >= 0.3 is 0 Å². The summed E-state index contributed by atoms with van der Waals surface area (Å²) in [6, 6.07) is 14.8. The summed E-state index contributed by atoms with van der Waals surface area (Å²) in [6.45, 7) is 3.28. The molecule has 1 fully saturated rings. The van der Waals surface area contributed by atoms with Crippen molar-refractivity contribution in [2.75, 3.05) is 13.1 Å². The molecule has 1 unspecified atom stereocenters. The molecule has 0 aliphatic carbocycles. The number of likely N-dealkylation sites (tertiary alicyclic amines) is 1. The molecular formula is C24H27N3O3. The average molecular weight is 405 g/mol. The van der Waals surface area contributed by atoms with Crippen molar-refractivity contribution < 1.29 is 14.0 Å². The zero-order chi connectivity index (χ0) is 20.9. The predicted octanol–water partition coefficient (Wildman–Crippen LogP) is 3.74. The Morgan fingerprint density at radius 1 is 1.07 bits per heavy atom. The smallest absolute Gasteiger partial charge is 0.252 e. The van der Waals surface area contributed by atoms with E-state index in [0.29, 0.717) is 23.5 Å². The molecular weight excluding hydrogens is 378 g/mol. The molecule has 1 saturated heterocycles. The van der Waals surface area contributed by atoms with Gasteiger partial charge in [-0.25, -0.2) is 4.98 Å². The maximum absolute atomic E-state index is 12.7. The molecule has 4 rings (SSSR count). The fourth-order valence-corrected chi connectivity index (χ4v) is 3.85. The van der Waals surface area contributed by atoms with Crippen LogP contribution in [0.15, 0.2) is 52.9 Å². The second kappa shape index (κ2) is 9.11. The molecule has 0 saturated carbocycles. The van der Waals surface area contributed by atoms with E-state index in [1.807, 2.05) is 23.1 Å². The number of aromatic nitrogens is 1. The fraction of sp³-hybridized carbons (Fsp3) is 0.375. The van der Waals surface area contributed by atoms with Gasteiger partial charge in [0.1, 0.15) is 11.6 Å². The third-order valence-corrected chi connectivity index (χ3v) is 5.55. The summed E-state index contributed by atoms with van der Waals surface area (Å²) >= 11 is 0. The quantitative estimate of drug-likeness (QED) is 0.678. The van der Waals surface area contributed by atoms with Crippen LogP contribution in [0.1, 0.15) is 48.0 Å². The van der Waals surface area contributed by atoms with Gasteiger partial charge in [0.25, 0.3) is 5.91 Å². The monoisotopic (exact) mass is 405 g/mol. The molecule has 1 N–H and O–H groups in total. The lowest BCUT2D eigenvalue weighted by molar-refractivity contribution is -0.133. The predicted molar refractivity (Wildman–Crippen MR) is 115 cm³/mol. The van der Waals surface area contributed by atoms with Gasteiger partial charge in [0.05, 0.1) is 0 Å². The highest BCUT2D eigenvalue weighted by Gasteiger charge is 2.24. The van der Waals surface area contributed by atoms with Crippen LogP contribution in [0.25, 0.3) is 11.1 Å². The van der Waals surface area contributed by atoms with E-state index in [4.69, 9.17) is 4.42 Å². The van der Waals surface area contributed by atoms with Crippen molar-refractivity contribution in [1.82, 2.24) is 15.2 Å². The van der Waals surface area contributed by atoms with Crippen LogP contribution in [0.2, 0.25) is 0 Å². The molecule has 1 aromatic heterocycles. The Kier molecular flexibility index (Phi) is 6.12. The van der Waals surface area contributed by atoms with Crippen molar-refractivity contribution in [3.63, 3.8) is 0 Å². The van der Waals surface area contributed by atoms with E-state index in [9.17, 15) is 9.59 Å². The zero-order valence-corrected chi connectivity index (χ0v) is 17.3. The Morgan fingerprint density at radius 3 is 2.60 bits per heavy atom. The third kappa shape index (κ3) is 4.70. The van der Waals surface area contributed by atoms with Gasteiger partial charge in [-0.05, 0) is 56.4 Å². The Bertz CT molecular complexity index is 1020. The van der Waals surface area contributed by atoms with E-state index in [1.54, 1.807) is 25.1 Å². The van der Waals surface area contributed by atoms with Crippen LogP contribution in [0.5, 0.6) is 0 Å². The van der Waals surface area contributed by atoms with E-state index in [1.165, 1.54) is 5.56 Å². The highest BCUT2D eigenvalue weighted by atomic mass is 16.3. The molecule has 2 amide bonds. The highest BCUT2D eigenvalue weighted by Crippen LogP contribution is 2.19. The van der Waals surface area contributed by atoms with Crippen molar-refractivity contribution in [2.45, 2.75) is 45.1 Å². The van der Waals surface area contributed by atoms with Gasteiger partial charge in [-0.2, -0.15) is 0 Å². The molecule has 6 nitrogen and oxygen atoms in total. The standard InChI is InChI=1S/C24H27N3O3/c1-17(24(29)27-14-6-3-7-15-27)25-23(28)19-11-12-20-21(16-19)30-22(26-20)13-10-18-8-4-2-5-9-18/h2,4-5,8-9,11-12,16-17H,3,6-7,10,13-15H2,1H3,(H,25,28). The number of piperidine rings is 1. The van der Waals surface area contributed by atoms with Gasteiger partial charge in [-0.15, -0.1) is 0 Å². The molecule has 156 valence electrons. The van der Waals surface area contributed by atoms with Crippen LogP contribution in [0, 0.1) is 0 Å². The van der Waals surface area contributed by atoms with Crippen molar-refractivity contribution >= 4 is 22.9 Å². The average Bonchev–Trinajstić information content (AvgIpc) is 3.20. The molecule has 30 heavy (non-hydrogen) atoms. The lowest BCUT2D eigenvalue weighted by Gasteiger charge is -2.29. The Balaban J connectivity index is 1.39. The van der Waals surface area contributed by atoms with Gasteiger partial charge in [0.2, 0.25) is 5.91 Å². The zero-order valence-electron chi connectivity index (χ0n) is 17.3. The maximum Gasteiger partial charge on any atom is 0.252 e. The number of nitrogens with one attached hydrogen (secondary N) is 1. The first-order chi connectivity index (χ1) is 14.6. The van der Waals surface area contributed by atoms with Gasteiger partial charge in [-0.1, -0.05) is 30.3 Å². The summed E-state index contributed by atoms with van der Waals surface area (Å²) in [5.41, 5.74) is 3.01. The van der Waals surface area contributed by atoms with Crippen LogP contribution < -0.4 is 5.32 Å². The minimum Gasteiger partial charge on any atom is -0.441 e. The van der Waals surface area contributed by atoms with Crippen molar-refractivity contribution in [1.29, 1.82) is 0 Å². The van der Waals surface area contributed by atoms with Gasteiger partial charge in [0.15, 0.2) is 11.5 Å². The van der Waals surface area contributed by atoms with Crippen LogP contribution in [-0.4, -0.2) is 40.8 Å². The molecule has 1 aliphatic rings. The molecule has 0 spiro atoms. The van der Waals surface area contributed by atoms with Crippen LogP contribution in [0.4, 0.5) is 0 Å². The number of fused-ring (bicyclic) bond motifs is 1. The Morgan fingerprint density at radius 2 is 1.83 bits per heavy atom. The van der Waals surface area contributed by atoms with Gasteiger partial charge in [0, 0.05) is 25.1 Å². The molecule has 3 aromatic rings. The topological polar surface area (TPSA) is 75.4 Å². The number of hydrogen-bond donors (Lipinski definition) is 1. The molecule has 1 atom stereocenters. The molecule has 2 heterocycles. The van der Waals surface area contributed by atoms with Crippen LogP contribution >= 0.6 is 0 Å². The lowest BCUT2D eigenvalue weighted by atomic mass is 10.1. The maximum atomic E-state index is 12.7. The summed E-state index contributed by atoms with van der Waals surface area (Å²) in [7, 11) is 0. The summed E-state index contributed by atoms with van der Waals surface area (Å²) in [6.07, 6.45) is 4.76. The molecule has 1 aliphatic heterocycles. The Hall–Kier alpha value is -3.15. The largest absolute Gasteiger partial charge is 0.441 e. The second-order valence-electron chi connectivity index (χ2n) is 7.86. The lowest BCUT2D eigenvalue weighted by Crippen LogP contribution is -2.48. The second-order valence-corrected chi connectivity index (χ2v) is 7.86. The molecule has 2 aromatic carbocycles. The van der Waals surface area contributed by atoms with Crippen molar-refractivity contribution in [3.05, 3.63) is 65.5 Å². The summed E-state index contributed by atoms with van der Waals surface area (Å²) in [5, 5.41) is 2.82. The van der Waals surface area contributed by atoms with E-state index in [-0.39, 0.29) is 11.8 Å². The molecule has 6 heteroatoms. The number of aryl methyl sites for hydroxylation is 2. The number of oxazole rings is 1. The minimum atomic E-state index is -0.553. The highest BCUT2D eigenvalue weighted by molar-refractivity contribution is 5.99. The van der Waals surface area contributed by atoms with Gasteiger partial charge in [-0.3, -0.25) is 9.59 Å². The summed E-state index contributed by atoms with van der Waals surface area (Å²) < 4.78 is 5.86. The number of amides is 2. The van der Waals surface area contributed by atoms with Crippen LogP contribution in [-0.2, 0) is 17.6 Å². The summed E-state index contributed by atoms with van der Waals surface area (Å²) in [5.74, 6) is 0.351. The van der Waals surface area contributed by atoms with Gasteiger partial charge < -0.3 is 14.6 Å². The number of carbonyl (C=O) groups is 2. The number of carbonyl (C=O) groups excluding carboxylic acids is 2.